The zero-order valence-electron chi connectivity index (χ0n) is 12.8. The summed E-state index contributed by atoms with van der Waals surface area (Å²) in [6.45, 7) is -0.580. The molecule has 25 heavy (non-hydrogen) atoms. The first-order valence-electron chi connectivity index (χ1n) is 7.01. The summed E-state index contributed by atoms with van der Waals surface area (Å²) >= 11 is 0. The standard InChI is InChI=1S/C11H16N5O8P/c1-22-25(20,21)24-7-6(18)4(2-17)23-10(7)16-3-13-5-8(16)14-11(12)15-9(5)19/h3-4,6-7,10,17-18H,2H2,1H3,(H,20,21)(H3,12,14,15,19)/t4-,6?,7+,10-/m1/s1. The molecule has 6 N–H and O–H groups in total. The lowest BCUT2D eigenvalue weighted by molar-refractivity contribution is -0.0509. The molecule has 0 aliphatic carbocycles. The fourth-order valence-corrected chi connectivity index (χ4v) is 3.16. The molecule has 1 aliphatic heterocycles. The summed E-state index contributed by atoms with van der Waals surface area (Å²) in [7, 11) is -3.53. The van der Waals surface area contributed by atoms with Crippen LogP contribution in [0.4, 0.5) is 5.95 Å². The third kappa shape index (κ3) is 3.18. The minimum atomic E-state index is -4.48. The van der Waals surface area contributed by atoms with Crippen LogP contribution in [-0.2, 0) is 18.3 Å². The number of nitrogen functional groups attached to an aromatic ring is 1. The second-order valence-electron chi connectivity index (χ2n) is 5.23. The number of aromatic nitrogens is 4. The highest BCUT2D eigenvalue weighted by Crippen LogP contribution is 2.48. The highest BCUT2D eigenvalue weighted by Gasteiger charge is 2.49. The number of phosphoric acid groups is 1. The van der Waals surface area contributed by atoms with Gasteiger partial charge in [0.2, 0.25) is 5.95 Å². The van der Waals surface area contributed by atoms with Gasteiger partial charge < -0.3 is 25.6 Å². The molecule has 2 unspecified atom stereocenters. The predicted octanol–water partition coefficient (Wildman–Crippen LogP) is -1.92. The lowest BCUT2D eigenvalue weighted by atomic mass is 10.1. The largest absolute Gasteiger partial charge is 0.472 e. The van der Waals surface area contributed by atoms with Gasteiger partial charge in [-0.2, -0.15) is 4.98 Å². The Kier molecular flexibility index (Phi) is 4.64. The van der Waals surface area contributed by atoms with Crippen LogP contribution in [0.15, 0.2) is 11.1 Å². The number of phosphoric ester groups is 1. The van der Waals surface area contributed by atoms with Gasteiger partial charge in [-0.3, -0.25) is 23.4 Å². The zero-order chi connectivity index (χ0) is 18.4. The predicted molar refractivity (Wildman–Crippen MR) is 81.3 cm³/mol. The first-order chi connectivity index (χ1) is 11.8. The van der Waals surface area contributed by atoms with Crippen molar-refractivity contribution in [2.75, 3.05) is 19.5 Å². The number of nitrogens with one attached hydrogen (secondary N) is 1. The summed E-state index contributed by atoms with van der Waals surface area (Å²) in [4.78, 5) is 31.5. The number of H-pyrrole nitrogens is 1. The van der Waals surface area contributed by atoms with Gasteiger partial charge in [0, 0.05) is 7.11 Å². The molecule has 0 amide bonds. The molecule has 2 aromatic rings. The lowest BCUT2D eigenvalue weighted by Crippen LogP contribution is -2.35. The van der Waals surface area contributed by atoms with Crippen molar-refractivity contribution in [2.45, 2.75) is 24.5 Å². The Hall–Kier alpha value is -1.86. The molecule has 0 spiro atoms. The molecular weight excluding hydrogens is 361 g/mol. The summed E-state index contributed by atoms with van der Waals surface area (Å²) in [5, 5.41) is 19.5. The number of aromatic amines is 1. The minimum Gasteiger partial charge on any atom is -0.394 e. The summed E-state index contributed by atoms with van der Waals surface area (Å²) in [5.74, 6) is -0.182. The van der Waals surface area contributed by atoms with Gasteiger partial charge in [-0.05, 0) is 0 Å². The van der Waals surface area contributed by atoms with E-state index in [1.807, 2.05) is 0 Å². The number of aliphatic hydroxyl groups is 2. The van der Waals surface area contributed by atoms with Crippen LogP contribution in [0.2, 0.25) is 0 Å². The first-order valence-corrected chi connectivity index (χ1v) is 8.50. The lowest BCUT2D eigenvalue weighted by Gasteiger charge is -2.23. The van der Waals surface area contributed by atoms with Crippen LogP contribution >= 0.6 is 7.82 Å². The maximum atomic E-state index is 11.9. The Morgan fingerprint density at radius 3 is 2.92 bits per heavy atom. The quantitative estimate of drug-likeness (QED) is 0.364. The third-order valence-corrected chi connectivity index (χ3v) is 4.67. The van der Waals surface area contributed by atoms with Gasteiger partial charge in [0.05, 0.1) is 12.9 Å². The Labute approximate surface area is 139 Å². The minimum absolute atomic E-state index is 0.0100. The number of ether oxygens (including phenoxy) is 1. The molecule has 0 aromatic carbocycles. The maximum Gasteiger partial charge on any atom is 0.472 e. The van der Waals surface area contributed by atoms with E-state index < -0.39 is 44.5 Å². The highest BCUT2D eigenvalue weighted by atomic mass is 31.2. The van der Waals surface area contributed by atoms with E-state index in [2.05, 4.69) is 19.5 Å². The summed E-state index contributed by atoms with van der Waals surface area (Å²) in [6, 6.07) is 0. The van der Waals surface area contributed by atoms with Gasteiger partial charge in [0.15, 0.2) is 17.4 Å². The van der Waals surface area contributed by atoms with Crippen molar-refractivity contribution >= 4 is 24.9 Å². The van der Waals surface area contributed by atoms with E-state index in [1.54, 1.807) is 0 Å². The van der Waals surface area contributed by atoms with Crippen molar-refractivity contribution in [1.29, 1.82) is 0 Å². The number of nitrogens with two attached hydrogens (primary N) is 1. The molecule has 1 saturated heterocycles. The molecule has 3 heterocycles. The van der Waals surface area contributed by atoms with E-state index in [4.69, 9.17) is 15.0 Å². The second kappa shape index (κ2) is 6.46. The molecule has 2 aromatic heterocycles. The topological polar surface area (TPSA) is 195 Å². The van der Waals surface area contributed by atoms with E-state index in [1.165, 1.54) is 10.9 Å². The van der Waals surface area contributed by atoms with Gasteiger partial charge in [-0.15, -0.1) is 0 Å². The monoisotopic (exact) mass is 377 g/mol. The average molecular weight is 377 g/mol. The van der Waals surface area contributed by atoms with Crippen molar-refractivity contribution in [3.8, 4) is 0 Å². The molecule has 1 fully saturated rings. The van der Waals surface area contributed by atoms with Crippen molar-refractivity contribution < 1.29 is 33.5 Å². The molecule has 3 rings (SSSR count). The van der Waals surface area contributed by atoms with E-state index in [9.17, 15) is 24.5 Å². The normalized spacial score (nSPS) is 29.1. The van der Waals surface area contributed by atoms with Crippen LogP contribution in [0.25, 0.3) is 11.2 Å². The molecule has 5 atom stereocenters. The Balaban J connectivity index is 2.07. The Morgan fingerprint density at radius 2 is 2.28 bits per heavy atom. The molecule has 0 saturated carbocycles. The molecule has 138 valence electrons. The molecule has 0 bridgehead atoms. The molecule has 13 nitrogen and oxygen atoms in total. The maximum absolute atomic E-state index is 11.9. The number of rotatable bonds is 5. The smallest absolute Gasteiger partial charge is 0.394 e. The number of aliphatic hydroxyl groups excluding tert-OH is 2. The second-order valence-corrected chi connectivity index (χ2v) is 6.75. The third-order valence-electron chi connectivity index (χ3n) is 3.70. The highest BCUT2D eigenvalue weighted by molar-refractivity contribution is 7.47. The van der Waals surface area contributed by atoms with Crippen molar-refractivity contribution in [1.82, 2.24) is 19.5 Å². The van der Waals surface area contributed by atoms with Crippen molar-refractivity contribution in [2.24, 2.45) is 0 Å². The number of hydrogen-bond donors (Lipinski definition) is 5. The van der Waals surface area contributed by atoms with Gasteiger partial charge in [0.25, 0.3) is 5.56 Å². The van der Waals surface area contributed by atoms with Crippen LogP contribution in [0, 0.1) is 0 Å². The van der Waals surface area contributed by atoms with Gasteiger partial charge in [0.1, 0.15) is 18.3 Å². The number of hydrogen-bond acceptors (Lipinski definition) is 10. The van der Waals surface area contributed by atoms with E-state index in [0.29, 0.717) is 0 Å². The van der Waals surface area contributed by atoms with Gasteiger partial charge in [-0.1, -0.05) is 0 Å². The Morgan fingerprint density at radius 1 is 1.56 bits per heavy atom. The summed E-state index contributed by atoms with van der Waals surface area (Å²) < 4.78 is 27.7. The number of imidazole rings is 1. The fourth-order valence-electron chi connectivity index (χ4n) is 2.53. The first kappa shape index (κ1) is 17.9. The van der Waals surface area contributed by atoms with E-state index >= 15 is 0 Å². The van der Waals surface area contributed by atoms with Crippen molar-refractivity contribution in [3.63, 3.8) is 0 Å². The molecule has 1 aliphatic rings. The van der Waals surface area contributed by atoms with Crippen molar-refractivity contribution in [3.05, 3.63) is 16.7 Å². The van der Waals surface area contributed by atoms with Crippen LogP contribution in [0.1, 0.15) is 6.23 Å². The number of nitrogens with zero attached hydrogens (tertiary/aromatic N) is 3. The van der Waals surface area contributed by atoms with Crippen LogP contribution in [0.5, 0.6) is 0 Å². The number of fused-ring (bicyclic) bond motifs is 1. The Bertz CT molecular complexity index is 883. The van der Waals surface area contributed by atoms with E-state index in [-0.39, 0.29) is 17.1 Å². The SMILES string of the molecule is COP(=O)(O)O[C@H]1C(O)[C@@H](CO)O[C@H]1n1cnc2c(=O)[nH]c(N)nc21. The van der Waals surface area contributed by atoms with Gasteiger partial charge >= 0.3 is 7.82 Å². The molecule has 0 radical (unpaired) electrons. The molecular formula is C11H16N5O8P. The van der Waals surface area contributed by atoms with Crippen LogP contribution < -0.4 is 11.3 Å². The van der Waals surface area contributed by atoms with Gasteiger partial charge in [-0.25, -0.2) is 9.55 Å². The average Bonchev–Trinajstić information content (AvgIpc) is 3.09. The zero-order valence-corrected chi connectivity index (χ0v) is 13.7. The van der Waals surface area contributed by atoms with E-state index in [0.717, 1.165) is 7.11 Å². The fraction of sp³-hybridized carbons (Fsp3) is 0.545. The van der Waals surface area contributed by atoms with Crippen LogP contribution in [0.3, 0.4) is 0 Å². The molecule has 14 heteroatoms. The van der Waals surface area contributed by atoms with Crippen LogP contribution in [-0.4, -0.2) is 66.7 Å². The summed E-state index contributed by atoms with van der Waals surface area (Å²) in [6.07, 6.45) is -4.02. The summed E-state index contributed by atoms with van der Waals surface area (Å²) in [5.41, 5.74) is 4.87. The number of anilines is 1.